The molecule has 2 aromatic heterocycles. The van der Waals surface area contributed by atoms with E-state index in [0.29, 0.717) is 0 Å². The largest absolute Gasteiger partial charge is 0.353 e. The van der Waals surface area contributed by atoms with Crippen LogP contribution in [0, 0.1) is 11.8 Å². The molecule has 3 heterocycles. The highest BCUT2D eigenvalue weighted by molar-refractivity contribution is 7.17. The van der Waals surface area contributed by atoms with E-state index in [-0.39, 0.29) is 0 Å². The zero-order valence-corrected chi connectivity index (χ0v) is 16.1. The van der Waals surface area contributed by atoms with Crippen molar-refractivity contribution >= 4 is 27.2 Å². The van der Waals surface area contributed by atoms with Crippen LogP contribution in [0.3, 0.4) is 0 Å². The third-order valence-corrected chi connectivity index (χ3v) is 5.86. The van der Waals surface area contributed by atoms with E-state index in [1.165, 1.54) is 10.1 Å². The number of thiophene rings is 1. The predicted octanol–water partition coefficient (Wildman–Crippen LogP) is 4.48. The Kier molecular flexibility index (Phi) is 4.92. The van der Waals surface area contributed by atoms with Gasteiger partial charge in [-0.05, 0) is 43.1 Å². The van der Waals surface area contributed by atoms with Crippen molar-refractivity contribution in [3.63, 3.8) is 0 Å². The van der Waals surface area contributed by atoms with Gasteiger partial charge in [-0.15, -0.1) is 17.3 Å². The van der Waals surface area contributed by atoms with Crippen LogP contribution < -0.4 is 4.90 Å². The minimum atomic E-state index is 1.04. The van der Waals surface area contributed by atoms with E-state index in [2.05, 4.69) is 70.3 Å². The van der Waals surface area contributed by atoms with Gasteiger partial charge in [0.2, 0.25) is 0 Å². The van der Waals surface area contributed by atoms with Crippen LogP contribution in [-0.4, -0.2) is 42.6 Å². The average molecular weight is 362 g/mol. The molecule has 1 fully saturated rings. The minimum Gasteiger partial charge on any atom is -0.353 e. The Labute approximate surface area is 159 Å². The normalized spacial score (nSPS) is 15.1. The summed E-state index contributed by atoms with van der Waals surface area (Å²) in [6, 6.07) is 12.8. The number of pyridine rings is 1. The Morgan fingerprint density at radius 1 is 1.08 bits per heavy atom. The first kappa shape index (κ1) is 17.1. The van der Waals surface area contributed by atoms with Crippen molar-refractivity contribution in [3.05, 3.63) is 47.3 Å². The molecule has 0 amide bonds. The van der Waals surface area contributed by atoms with Gasteiger partial charge in [0, 0.05) is 47.4 Å². The Bertz CT molecular complexity index is 954. The fraction of sp³-hybridized carbons (Fsp3) is 0.318. The molecule has 0 aliphatic carbocycles. The molecule has 4 rings (SSSR count). The van der Waals surface area contributed by atoms with Gasteiger partial charge in [0.15, 0.2) is 0 Å². The van der Waals surface area contributed by atoms with Crippen LogP contribution in [0.15, 0.2) is 41.8 Å². The van der Waals surface area contributed by atoms with Crippen LogP contribution >= 0.6 is 11.3 Å². The molecule has 0 N–H and O–H groups in total. The molecular formula is C22H23N3S. The van der Waals surface area contributed by atoms with Crippen LogP contribution in [0.4, 0.5) is 5.82 Å². The fourth-order valence-corrected chi connectivity index (χ4v) is 4.30. The number of likely N-dealkylation sites (N-methyl/N-ethyl adjacent to an activating group) is 1. The highest BCUT2D eigenvalue weighted by atomic mass is 32.1. The predicted molar refractivity (Wildman–Crippen MR) is 112 cm³/mol. The molecule has 0 unspecified atom stereocenters. The molecule has 3 nitrogen and oxygen atoms in total. The van der Waals surface area contributed by atoms with Crippen molar-refractivity contribution in [2.75, 3.05) is 37.6 Å². The molecule has 3 aromatic rings. The second-order valence-electron chi connectivity index (χ2n) is 6.54. The summed E-state index contributed by atoms with van der Waals surface area (Å²) < 4.78 is 1.31. The molecule has 0 spiro atoms. The van der Waals surface area contributed by atoms with Gasteiger partial charge in [-0.3, -0.25) is 0 Å². The van der Waals surface area contributed by atoms with Gasteiger partial charge in [-0.1, -0.05) is 25.0 Å². The van der Waals surface area contributed by atoms with E-state index in [0.717, 1.165) is 55.4 Å². The zero-order valence-electron chi connectivity index (χ0n) is 15.3. The summed E-state index contributed by atoms with van der Waals surface area (Å²) in [6.45, 7) is 9.53. The molecule has 0 radical (unpaired) electrons. The van der Waals surface area contributed by atoms with Crippen LogP contribution in [0.1, 0.15) is 19.4 Å². The maximum atomic E-state index is 5.07. The van der Waals surface area contributed by atoms with Crippen molar-refractivity contribution in [1.29, 1.82) is 0 Å². The van der Waals surface area contributed by atoms with Gasteiger partial charge < -0.3 is 9.80 Å². The van der Waals surface area contributed by atoms with Crippen LogP contribution in [0.2, 0.25) is 0 Å². The highest BCUT2D eigenvalue weighted by Gasteiger charge is 2.20. The van der Waals surface area contributed by atoms with Crippen molar-refractivity contribution in [3.8, 4) is 23.1 Å². The van der Waals surface area contributed by atoms with Crippen LogP contribution in [0.5, 0.6) is 0 Å². The molecular weight excluding hydrogens is 338 g/mol. The van der Waals surface area contributed by atoms with Gasteiger partial charge >= 0.3 is 0 Å². The molecule has 0 saturated carbocycles. The van der Waals surface area contributed by atoms with E-state index >= 15 is 0 Å². The number of hydrogen-bond acceptors (Lipinski definition) is 4. The van der Waals surface area contributed by atoms with Crippen LogP contribution in [-0.2, 0) is 0 Å². The third-order valence-electron chi connectivity index (χ3n) is 5.00. The van der Waals surface area contributed by atoms with Gasteiger partial charge in [0.1, 0.15) is 5.82 Å². The average Bonchev–Trinajstić information content (AvgIpc) is 3.17. The summed E-state index contributed by atoms with van der Waals surface area (Å²) in [5, 5.41) is 3.44. The number of fused-ring (bicyclic) bond motifs is 1. The number of nitrogens with zero attached hydrogens (tertiary/aromatic N) is 3. The molecule has 1 aliphatic heterocycles. The lowest BCUT2D eigenvalue weighted by Crippen LogP contribution is -2.46. The topological polar surface area (TPSA) is 19.4 Å². The maximum Gasteiger partial charge on any atom is 0.138 e. The van der Waals surface area contributed by atoms with Gasteiger partial charge in [-0.25, -0.2) is 4.98 Å². The summed E-state index contributed by atoms with van der Waals surface area (Å²) in [7, 11) is 0. The number of anilines is 1. The smallest absolute Gasteiger partial charge is 0.138 e. The van der Waals surface area contributed by atoms with E-state index in [1.54, 1.807) is 11.3 Å². The van der Waals surface area contributed by atoms with Crippen molar-refractivity contribution < 1.29 is 0 Å². The molecule has 0 bridgehead atoms. The van der Waals surface area contributed by atoms with Gasteiger partial charge in [-0.2, -0.15) is 0 Å². The Balaban J connectivity index is 1.71. The quantitative estimate of drug-likeness (QED) is 0.641. The molecule has 1 aliphatic rings. The van der Waals surface area contributed by atoms with E-state index in [1.807, 2.05) is 6.92 Å². The highest BCUT2D eigenvalue weighted by Crippen LogP contribution is 2.33. The molecule has 0 atom stereocenters. The lowest BCUT2D eigenvalue weighted by Gasteiger charge is -2.35. The monoisotopic (exact) mass is 361 g/mol. The summed E-state index contributed by atoms with van der Waals surface area (Å²) in [4.78, 5) is 10.0. The van der Waals surface area contributed by atoms with Gasteiger partial charge in [0.25, 0.3) is 0 Å². The summed E-state index contributed by atoms with van der Waals surface area (Å²) in [6.07, 6.45) is 0. The minimum absolute atomic E-state index is 1.04. The maximum absolute atomic E-state index is 5.07. The fourth-order valence-electron chi connectivity index (χ4n) is 3.48. The molecule has 1 aromatic carbocycles. The second kappa shape index (κ2) is 7.49. The van der Waals surface area contributed by atoms with E-state index in [4.69, 9.17) is 4.98 Å². The summed E-state index contributed by atoms with van der Waals surface area (Å²) in [5.74, 6) is 7.18. The first-order valence-electron chi connectivity index (χ1n) is 9.17. The summed E-state index contributed by atoms with van der Waals surface area (Å²) >= 11 is 1.79. The van der Waals surface area contributed by atoms with Crippen molar-refractivity contribution in [2.45, 2.75) is 13.8 Å². The number of aromatic nitrogens is 1. The third kappa shape index (κ3) is 3.33. The SMILES string of the molecule is CC#Cc1ccc(-c2cc3sccc3c(N3CCN(CC)CC3)n2)cc1. The van der Waals surface area contributed by atoms with Crippen molar-refractivity contribution in [2.24, 2.45) is 0 Å². The molecule has 1 saturated heterocycles. The number of rotatable bonds is 3. The Morgan fingerprint density at radius 3 is 2.54 bits per heavy atom. The lowest BCUT2D eigenvalue weighted by molar-refractivity contribution is 0.271. The van der Waals surface area contributed by atoms with E-state index in [9.17, 15) is 0 Å². The van der Waals surface area contributed by atoms with Gasteiger partial charge in [0.05, 0.1) is 5.69 Å². The number of piperazine rings is 1. The first-order valence-corrected chi connectivity index (χ1v) is 10.0. The Hall–Kier alpha value is -2.35. The first-order chi connectivity index (χ1) is 12.8. The van der Waals surface area contributed by atoms with Crippen LogP contribution in [0.25, 0.3) is 21.3 Å². The van der Waals surface area contributed by atoms with Crippen molar-refractivity contribution in [1.82, 2.24) is 9.88 Å². The number of benzene rings is 1. The molecule has 132 valence electrons. The Morgan fingerprint density at radius 2 is 1.85 bits per heavy atom. The molecule has 4 heteroatoms. The lowest BCUT2D eigenvalue weighted by atomic mass is 10.1. The zero-order chi connectivity index (χ0) is 17.9. The standard InChI is InChI=1S/C22H23N3S/c1-3-5-17-6-8-18(9-7-17)20-16-21-19(10-15-26-21)22(23-20)25-13-11-24(4-2)12-14-25/h6-10,15-16H,4,11-14H2,1-2H3. The number of hydrogen-bond donors (Lipinski definition) is 0. The second-order valence-corrected chi connectivity index (χ2v) is 7.48. The summed E-state index contributed by atoms with van der Waals surface area (Å²) in [5.41, 5.74) is 3.24. The molecule has 26 heavy (non-hydrogen) atoms. The van der Waals surface area contributed by atoms with E-state index < -0.39 is 0 Å².